The molecular weight excluding hydrogens is 356 g/mol. The van der Waals surface area contributed by atoms with E-state index in [1.165, 1.54) is 19.3 Å². The van der Waals surface area contributed by atoms with Gasteiger partial charge in [0.15, 0.2) is 6.61 Å². The van der Waals surface area contributed by atoms with E-state index in [2.05, 4.69) is 5.32 Å². The summed E-state index contributed by atoms with van der Waals surface area (Å²) < 4.78 is 5.16. The van der Waals surface area contributed by atoms with Gasteiger partial charge in [0.2, 0.25) is 0 Å². The number of esters is 1. The molecule has 3 atom stereocenters. The molecule has 0 saturated heterocycles. The highest BCUT2D eigenvalue weighted by Gasteiger charge is 2.40. The maximum absolute atomic E-state index is 12.3. The lowest BCUT2D eigenvalue weighted by Crippen LogP contribution is -2.30. The first-order chi connectivity index (χ1) is 13.5. The Morgan fingerprint density at radius 3 is 2.36 bits per heavy atom. The second-order valence-corrected chi connectivity index (χ2v) is 7.90. The summed E-state index contributed by atoms with van der Waals surface area (Å²) in [5.41, 5.74) is 1.16. The maximum atomic E-state index is 12.3. The molecule has 2 aliphatic rings. The van der Waals surface area contributed by atoms with Crippen LogP contribution < -0.4 is 5.32 Å². The molecule has 1 aromatic rings. The predicted octanol–water partition coefficient (Wildman–Crippen LogP) is 3.48. The zero-order valence-electron chi connectivity index (χ0n) is 16.8. The van der Waals surface area contributed by atoms with Crippen LogP contribution in [0.25, 0.3) is 0 Å². The van der Waals surface area contributed by atoms with Crippen LogP contribution in [0.3, 0.4) is 0 Å². The fourth-order valence-corrected chi connectivity index (χ4v) is 4.63. The summed E-state index contributed by atoms with van der Waals surface area (Å²) in [6.07, 6.45) is 5.35. The van der Waals surface area contributed by atoms with Crippen molar-refractivity contribution in [2.24, 2.45) is 17.8 Å². The molecule has 2 amide bonds. The van der Waals surface area contributed by atoms with E-state index in [1.54, 1.807) is 29.2 Å². The molecular formula is C22H30N2O4. The zero-order valence-corrected chi connectivity index (χ0v) is 16.8. The number of amides is 2. The van der Waals surface area contributed by atoms with Crippen molar-refractivity contribution in [3.8, 4) is 0 Å². The molecule has 1 N–H and O–H groups in total. The van der Waals surface area contributed by atoms with Gasteiger partial charge in [-0.3, -0.25) is 14.4 Å². The topological polar surface area (TPSA) is 75.7 Å². The molecule has 2 aliphatic carbocycles. The molecule has 0 radical (unpaired) electrons. The lowest BCUT2D eigenvalue weighted by molar-refractivity contribution is -0.148. The highest BCUT2D eigenvalue weighted by molar-refractivity contribution is 5.96. The van der Waals surface area contributed by atoms with Crippen molar-refractivity contribution in [2.75, 3.05) is 25.0 Å². The molecule has 0 spiro atoms. The number of hydrogen-bond donors (Lipinski definition) is 1. The van der Waals surface area contributed by atoms with Gasteiger partial charge >= 0.3 is 5.97 Å². The first-order valence-corrected chi connectivity index (χ1v) is 10.3. The summed E-state index contributed by atoms with van der Waals surface area (Å²) in [4.78, 5) is 38.1. The van der Waals surface area contributed by atoms with E-state index in [4.69, 9.17) is 4.74 Å². The minimum absolute atomic E-state index is 0.0302. The quantitative estimate of drug-likeness (QED) is 0.694. The average Bonchev–Trinajstić information content (AvgIpc) is 3.31. The van der Waals surface area contributed by atoms with Crippen LogP contribution >= 0.6 is 0 Å². The second-order valence-electron chi connectivity index (χ2n) is 7.90. The van der Waals surface area contributed by atoms with E-state index < -0.39 is 0 Å². The van der Waals surface area contributed by atoms with Crippen LogP contribution in [0.15, 0.2) is 24.3 Å². The normalized spacial score (nSPS) is 22.7. The van der Waals surface area contributed by atoms with Crippen LogP contribution in [0.4, 0.5) is 5.69 Å². The number of rotatable bonds is 8. The third kappa shape index (κ3) is 4.91. The maximum Gasteiger partial charge on any atom is 0.306 e. The van der Waals surface area contributed by atoms with Crippen LogP contribution in [0.1, 0.15) is 56.3 Å². The van der Waals surface area contributed by atoms with Crippen LogP contribution in [0.5, 0.6) is 0 Å². The number of carbonyl (C=O) groups excluding carboxylic acids is 3. The molecule has 1 aromatic carbocycles. The molecule has 0 unspecified atom stereocenters. The monoisotopic (exact) mass is 386 g/mol. The largest absolute Gasteiger partial charge is 0.456 e. The molecule has 2 bridgehead atoms. The summed E-state index contributed by atoms with van der Waals surface area (Å²) >= 11 is 0. The predicted molar refractivity (Wildman–Crippen MR) is 107 cm³/mol. The van der Waals surface area contributed by atoms with Gasteiger partial charge in [0, 0.05) is 30.8 Å². The van der Waals surface area contributed by atoms with Crippen molar-refractivity contribution >= 4 is 23.5 Å². The van der Waals surface area contributed by atoms with Crippen molar-refractivity contribution in [3.05, 3.63) is 29.8 Å². The number of nitrogens with zero attached hydrogens (tertiary/aromatic N) is 1. The minimum atomic E-state index is -0.371. The highest BCUT2D eigenvalue weighted by Crippen LogP contribution is 2.49. The summed E-state index contributed by atoms with van der Waals surface area (Å²) in [6.45, 7) is 4.91. The van der Waals surface area contributed by atoms with Crippen LogP contribution in [-0.4, -0.2) is 42.4 Å². The van der Waals surface area contributed by atoms with E-state index >= 15 is 0 Å². The molecule has 2 saturated carbocycles. The third-order valence-electron chi connectivity index (χ3n) is 6.14. The van der Waals surface area contributed by atoms with E-state index in [9.17, 15) is 14.4 Å². The minimum Gasteiger partial charge on any atom is -0.456 e. The molecule has 2 fully saturated rings. The lowest BCUT2D eigenvalue weighted by atomic mass is 9.86. The van der Waals surface area contributed by atoms with Gasteiger partial charge < -0.3 is 15.0 Å². The van der Waals surface area contributed by atoms with E-state index in [1.807, 2.05) is 13.8 Å². The Hall–Kier alpha value is -2.37. The van der Waals surface area contributed by atoms with Gasteiger partial charge in [-0.1, -0.05) is 6.42 Å². The van der Waals surface area contributed by atoms with Crippen LogP contribution in [0.2, 0.25) is 0 Å². The number of hydrogen-bond acceptors (Lipinski definition) is 4. The van der Waals surface area contributed by atoms with Gasteiger partial charge in [0.1, 0.15) is 0 Å². The number of ether oxygens (including phenoxy) is 1. The Morgan fingerprint density at radius 1 is 1.07 bits per heavy atom. The van der Waals surface area contributed by atoms with Gasteiger partial charge in [-0.25, -0.2) is 0 Å². The van der Waals surface area contributed by atoms with Gasteiger partial charge in [-0.05, 0) is 75.1 Å². The lowest BCUT2D eigenvalue weighted by Gasteiger charge is -2.20. The molecule has 3 rings (SSSR count). The Morgan fingerprint density at radius 2 is 1.79 bits per heavy atom. The fourth-order valence-electron chi connectivity index (χ4n) is 4.63. The van der Waals surface area contributed by atoms with Gasteiger partial charge in [0.05, 0.1) is 0 Å². The van der Waals surface area contributed by atoms with E-state index in [-0.39, 0.29) is 24.4 Å². The summed E-state index contributed by atoms with van der Waals surface area (Å²) in [5.74, 6) is 1.21. The van der Waals surface area contributed by atoms with Gasteiger partial charge in [-0.15, -0.1) is 0 Å². The van der Waals surface area contributed by atoms with Crippen molar-refractivity contribution in [3.63, 3.8) is 0 Å². The first-order valence-electron chi connectivity index (χ1n) is 10.3. The van der Waals surface area contributed by atoms with Crippen molar-refractivity contribution in [1.82, 2.24) is 4.90 Å². The Labute approximate surface area is 166 Å². The SMILES string of the molecule is CCN(CC)C(=O)c1ccc(NC(=O)COC(=O)C[C@@H]2C[C@H]3CC[C@@H]2C3)cc1. The molecule has 0 aromatic heterocycles. The third-order valence-corrected chi connectivity index (χ3v) is 6.14. The number of nitrogens with one attached hydrogen (secondary N) is 1. The van der Waals surface area contributed by atoms with Gasteiger partial charge in [0.25, 0.3) is 11.8 Å². The zero-order chi connectivity index (χ0) is 20.1. The molecule has 0 aliphatic heterocycles. The number of fused-ring (bicyclic) bond motifs is 2. The number of carbonyl (C=O) groups is 3. The molecule has 6 nitrogen and oxygen atoms in total. The van der Waals surface area contributed by atoms with Gasteiger partial charge in [-0.2, -0.15) is 0 Å². The average molecular weight is 386 g/mol. The van der Waals surface area contributed by atoms with Crippen LogP contribution in [0, 0.1) is 17.8 Å². The van der Waals surface area contributed by atoms with Crippen molar-refractivity contribution in [1.29, 1.82) is 0 Å². The summed E-state index contributed by atoms with van der Waals surface area (Å²) in [5, 5.41) is 2.70. The smallest absolute Gasteiger partial charge is 0.306 e. The fraction of sp³-hybridized carbons (Fsp3) is 0.591. The molecule has 0 heterocycles. The van der Waals surface area contributed by atoms with Crippen molar-refractivity contribution in [2.45, 2.75) is 46.0 Å². The summed E-state index contributed by atoms with van der Waals surface area (Å²) in [7, 11) is 0. The Balaban J connectivity index is 1.42. The van der Waals surface area contributed by atoms with Crippen molar-refractivity contribution < 1.29 is 19.1 Å². The van der Waals surface area contributed by atoms with E-state index in [0.29, 0.717) is 42.6 Å². The standard InChI is InChI=1S/C22H30N2O4/c1-3-24(4-2)22(27)16-7-9-19(10-8-16)23-20(25)14-28-21(26)13-18-12-15-5-6-17(18)11-15/h7-10,15,17-18H,3-6,11-14H2,1-2H3,(H,23,25)/t15-,17+,18-/m0/s1. The molecule has 28 heavy (non-hydrogen) atoms. The Bertz CT molecular complexity index is 712. The highest BCUT2D eigenvalue weighted by atomic mass is 16.5. The molecule has 152 valence electrons. The van der Waals surface area contributed by atoms with Crippen LogP contribution in [-0.2, 0) is 14.3 Å². The number of benzene rings is 1. The molecule has 6 heteroatoms. The first kappa shape index (κ1) is 20.4. The number of anilines is 1. The second kappa shape index (κ2) is 9.22. The Kier molecular flexibility index (Phi) is 6.70. The summed E-state index contributed by atoms with van der Waals surface area (Å²) in [6, 6.07) is 6.76. The van der Waals surface area contributed by atoms with E-state index in [0.717, 1.165) is 12.3 Å².